The maximum atomic E-state index is 6.24. The van der Waals surface area contributed by atoms with Crippen LogP contribution in [0.3, 0.4) is 0 Å². The van der Waals surface area contributed by atoms with Gasteiger partial charge in [0.25, 0.3) is 0 Å². The predicted octanol–water partition coefficient (Wildman–Crippen LogP) is 2.71. The third-order valence-electron chi connectivity index (χ3n) is 3.50. The Morgan fingerprint density at radius 3 is 2.95 bits per heavy atom. The molecule has 1 aromatic heterocycles. The molecule has 1 fully saturated rings. The molecule has 1 aliphatic rings. The van der Waals surface area contributed by atoms with E-state index in [0.717, 1.165) is 12.1 Å². The van der Waals surface area contributed by atoms with Crippen molar-refractivity contribution in [1.29, 1.82) is 0 Å². The van der Waals surface area contributed by atoms with Gasteiger partial charge < -0.3 is 10.6 Å². The molecule has 3 rings (SSSR count). The Morgan fingerprint density at radius 2 is 2.11 bits per heavy atom. The lowest BCUT2D eigenvalue weighted by Crippen LogP contribution is -2.33. The Hall–Kier alpha value is -1.10. The zero-order valence-electron chi connectivity index (χ0n) is 11.0. The van der Waals surface area contributed by atoms with Crippen LogP contribution < -0.4 is 5.73 Å². The molecule has 1 saturated heterocycles. The van der Waals surface area contributed by atoms with Gasteiger partial charge in [-0.15, -0.1) is 11.8 Å². The van der Waals surface area contributed by atoms with Crippen molar-refractivity contribution in [3.8, 4) is 0 Å². The molecule has 1 atom stereocenters. The van der Waals surface area contributed by atoms with Crippen molar-refractivity contribution in [1.82, 2.24) is 9.88 Å². The molecule has 100 valence electrons. The number of aromatic nitrogens is 1. The fraction of sp³-hybridized carbons (Fsp3) is 0.400. The third-order valence-corrected chi connectivity index (χ3v) is 4.48. The number of nitrogens with two attached hydrogens (primary N) is 1. The highest BCUT2D eigenvalue weighted by atomic mass is 32.2. The molecular formula is C15H19N3S. The molecule has 2 aromatic rings. The summed E-state index contributed by atoms with van der Waals surface area (Å²) in [5, 5.41) is 1.33. The number of pyridine rings is 1. The van der Waals surface area contributed by atoms with Crippen molar-refractivity contribution in [3.05, 3.63) is 36.5 Å². The molecule has 0 amide bonds. The molecule has 0 radical (unpaired) electrons. The van der Waals surface area contributed by atoms with Crippen molar-refractivity contribution >= 4 is 22.7 Å². The second-order valence-electron chi connectivity index (χ2n) is 5.02. The average Bonchev–Trinajstić information content (AvgIpc) is 2.91. The zero-order valence-corrected chi connectivity index (χ0v) is 11.8. The maximum absolute atomic E-state index is 6.24. The summed E-state index contributed by atoms with van der Waals surface area (Å²) >= 11 is 1.75. The molecule has 1 aliphatic heterocycles. The highest BCUT2D eigenvalue weighted by Gasteiger charge is 2.15. The van der Waals surface area contributed by atoms with Crippen LogP contribution in [0.25, 0.3) is 10.9 Å². The normalized spacial score (nSPS) is 17.9. The van der Waals surface area contributed by atoms with Crippen molar-refractivity contribution in [3.63, 3.8) is 0 Å². The minimum absolute atomic E-state index is 0.146. The smallest absolute Gasteiger partial charge is 0.0702 e. The molecule has 2 heterocycles. The minimum Gasteiger partial charge on any atom is -0.318 e. The number of fused-ring (bicyclic) bond motifs is 1. The van der Waals surface area contributed by atoms with E-state index < -0.39 is 0 Å². The number of hydrogen-bond acceptors (Lipinski definition) is 4. The van der Waals surface area contributed by atoms with Crippen LogP contribution >= 0.6 is 11.8 Å². The van der Waals surface area contributed by atoms with Crippen LogP contribution in [0.15, 0.2) is 41.4 Å². The van der Waals surface area contributed by atoms with Gasteiger partial charge in [0.2, 0.25) is 0 Å². The molecule has 0 saturated carbocycles. The van der Waals surface area contributed by atoms with E-state index in [4.69, 9.17) is 5.73 Å². The minimum atomic E-state index is 0.146. The van der Waals surface area contributed by atoms with Crippen molar-refractivity contribution in [2.24, 2.45) is 5.73 Å². The van der Waals surface area contributed by atoms with E-state index in [1.165, 1.54) is 36.2 Å². The monoisotopic (exact) mass is 273 g/mol. The van der Waals surface area contributed by atoms with Gasteiger partial charge in [0, 0.05) is 23.0 Å². The van der Waals surface area contributed by atoms with Gasteiger partial charge in [-0.1, -0.05) is 6.07 Å². The first-order valence-corrected chi connectivity index (χ1v) is 7.68. The van der Waals surface area contributed by atoms with Crippen LogP contribution in [-0.2, 0) is 0 Å². The topological polar surface area (TPSA) is 42.1 Å². The van der Waals surface area contributed by atoms with Gasteiger partial charge in [-0.05, 0) is 50.2 Å². The number of thioether (sulfide) groups is 1. The summed E-state index contributed by atoms with van der Waals surface area (Å²) in [5.41, 5.74) is 7.28. The van der Waals surface area contributed by atoms with Crippen molar-refractivity contribution in [2.75, 3.05) is 19.6 Å². The van der Waals surface area contributed by atoms with E-state index in [9.17, 15) is 0 Å². The van der Waals surface area contributed by atoms with Crippen LogP contribution in [0.5, 0.6) is 0 Å². The molecule has 19 heavy (non-hydrogen) atoms. The third kappa shape index (κ3) is 3.26. The van der Waals surface area contributed by atoms with Gasteiger partial charge in [-0.2, -0.15) is 0 Å². The Bertz CT molecular complexity index is 552. The molecular weight excluding hydrogens is 254 g/mol. The van der Waals surface area contributed by atoms with Crippen molar-refractivity contribution < 1.29 is 0 Å². The first kappa shape index (κ1) is 12.9. The van der Waals surface area contributed by atoms with Crippen molar-refractivity contribution in [2.45, 2.75) is 23.1 Å². The Labute approximate surface area is 118 Å². The summed E-state index contributed by atoms with van der Waals surface area (Å²) in [6, 6.07) is 10.4. The highest BCUT2D eigenvalue weighted by Crippen LogP contribution is 2.25. The molecule has 0 aliphatic carbocycles. The lowest BCUT2D eigenvalue weighted by molar-refractivity contribution is 0.341. The molecule has 3 nitrogen and oxygen atoms in total. The molecule has 1 aromatic carbocycles. The van der Waals surface area contributed by atoms with Crippen LogP contribution in [0.1, 0.15) is 12.8 Å². The second-order valence-corrected chi connectivity index (χ2v) is 6.33. The second kappa shape index (κ2) is 5.90. The van der Waals surface area contributed by atoms with Crippen LogP contribution in [0, 0.1) is 0 Å². The van der Waals surface area contributed by atoms with E-state index in [0.29, 0.717) is 0 Å². The fourth-order valence-electron chi connectivity index (χ4n) is 2.56. The van der Waals surface area contributed by atoms with Gasteiger partial charge in [0.1, 0.15) is 0 Å². The molecule has 0 spiro atoms. The first-order chi connectivity index (χ1) is 9.31. The molecule has 4 heteroatoms. The highest BCUT2D eigenvalue weighted by molar-refractivity contribution is 8.00. The Kier molecular flexibility index (Phi) is 4.01. The Morgan fingerprint density at radius 1 is 1.26 bits per heavy atom. The number of likely N-dealkylation sites (tertiary alicyclic amines) is 1. The lowest BCUT2D eigenvalue weighted by atomic mass is 10.2. The quantitative estimate of drug-likeness (QED) is 0.687. The van der Waals surface area contributed by atoms with E-state index in [1.54, 1.807) is 11.8 Å². The first-order valence-electron chi connectivity index (χ1n) is 6.81. The Balaban J connectivity index is 1.66. The average molecular weight is 273 g/mol. The number of nitrogens with zero attached hydrogens (tertiary/aromatic N) is 2. The summed E-state index contributed by atoms with van der Waals surface area (Å²) in [6.07, 6.45) is 4.46. The summed E-state index contributed by atoms with van der Waals surface area (Å²) in [6.45, 7) is 3.39. The number of rotatable bonds is 4. The van der Waals surface area contributed by atoms with Crippen LogP contribution in [-0.4, -0.2) is 34.9 Å². The number of benzene rings is 1. The lowest BCUT2D eigenvalue weighted by Gasteiger charge is -2.19. The molecule has 0 bridgehead atoms. The van der Waals surface area contributed by atoms with Gasteiger partial charge >= 0.3 is 0 Å². The van der Waals surface area contributed by atoms with E-state index in [-0.39, 0.29) is 5.37 Å². The summed E-state index contributed by atoms with van der Waals surface area (Å²) in [7, 11) is 0. The largest absolute Gasteiger partial charge is 0.318 e. The van der Waals surface area contributed by atoms with Crippen LogP contribution in [0.2, 0.25) is 0 Å². The van der Waals surface area contributed by atoms with Gasteiger partial charge in [-0.25, -0.2) is 0 Å². The summed E-state index contributed by atoms with van der Waals surface area (Å²) < 4.78 is 0. The molecule has 0 unspecified atom stereocenters. The van der Waals surface area contributed by atoms with Crippen LogP contribution in [0.4, 0.5) is 0 Å². The fourth-order valence-corrected chi connectivity index (χ4v) is 3.54. The van der Waals surface area contributed by atoms with E-state index in [2.05, 4.69) is 34.1 Å². The van der Waals surface area contributed by atoms with Gasteiger partial charge in [-0.3, -0.25) is 4.98 Å². The molecule has 2 N–H and O–H groups in total. The maximum Gasteiger partial charge on any atom is 0.0702 e. The van der Waals surface area contributed by atoms with E-state index in [1.807, 2.05) is 12.3 Å². The van der Waals surface area contributed by atoms with Gasteiger partial charge in [0.15, 0.2) is 0 Å². The zero-order chi connectivity index (χ0) is 13.1. The van der Waals surface area contributed by atoms with E-state index >= 15 is 0 Å². The summed E-state index contributed by atoms with van der Waals surface area (Å²) in [4.78, 5) is 8.02. The summed E-state index contributed by atoms with van der Waals surface area (Å²) in [5.74, 6) is 0. The number of hydrogen-bond donors (Lipinski definition) is 1. The van der Waals surface area contributed by atoms with Gasteiger partial charge in [0.05, 0.1) is 10.9 Å². The standard InChI is InChI=1S/C15H19N3S/c16-15(11-18-8-1-2-9-18)19-13-5-6-14-12(10-13)4-3-7-17-14/h3-7,10,15H,1-2,8-9,11,16H2/t15-/m0/s1. The SMILES string of the molecule is N[C@H](CN1CCCC1)Sc1ccc2ncccc2c1. The predicted molar refractivity (Wildman–Crippen MR) is 81.2 cm³/mol.